The van der Waals surface area contributed by atoms with Crippen LogP contribution in [0.2, 0.25) is 0 Å². The third-order valence-electron chi connectivity index (χ3n) is 4.55. The number of hydrogen-bond acceptors (Lipinski definition) is 8. The van der Waals surface area contributed by atoms with Gasteiger partial charge < -0.3 is 28.4 Å². The summed E-state index contributed by atoms with van der Waals surface area (Å²) < 4.78 is 56.2. The maximum atomic E-state index is 11.1. The summed E-state index contributed by atoms with van der Waals surface area (Å²) in [4.78, 5) is 19.7. The summed E-state index contributed by atoms with van der Waals surface area (Å²) in [6, 6.07) is 23.2. The second-order valence-corrected chi connectivity index (χ2v) is 10.6. The molecule has 0 fully saturated rings. The average Bonchev–Trinajstić information content (AvgIpc) is 2.72. The quantitative estimate of drug-likeness (QED) is 0.129. The average molecular weight is 593 g/mol. The number of ether oxygens (including phenoxy) is 2. The van der Waals surface area contributed by atoms with Crippen molar-refractivity contribution in [2.45, 2.75) is 24.3 Å². The summed E-state index contributed by atoms with van der Waals surface area (Å²) in [7, 11) is -10.8. The molecule has 3 aromatic rings. The topological polar surface area (TPSA) is 139 Å². The first-order valence-electron chi connectivity index (χ1n) is 9.68. The van der Waals surface area contributed by atoms with E-state index in [4.69, 9.17) is 9.47 Å². The first kappa shape index (κ1) is 37.2. The van der Waals surface area contributed by atoms with Gasteiger partial charge in [-0.05, 0) is 61.2 Å². The van der Waals surface area contributed by atoms with Crippen LogP contribution in [0, 0.1) is 0 Å². The normalized spacial score (nSPS) is 11.7. The van der Waals surface area contributed by atoms with Crippen LogP contribution < -0.4 is 173 Å². The molecule has 0 spiro atoms. The summed E-state index contributed by atoms with van der Waals surface area (Å²) in [6.07, 6.45) is -0.280. The van der Waals surface area contributed by atoms with E-state index >= 15 is 0 Å². The molecule has 0 saturated heterocycles. The molecule has 0 aliphatic heterocycles. The molecule has 0 aliphatic carbocycles. The summed E-state index contributed by atoms with van der Waals surface area (Å²) in [5.41, 5.74) is 0.720. The van der Waals surface area contributed by atoms with Crippen molar-refractivity contribution >= 4 is 17.7 Å². The summed E-state index contributed by atoms with van der Waals surface area (Å²) in [5, 5.41) is 0. The zero-order valence-corrected chi connectivity index (χ0v) is 30.9. The van der Waals surface area contributed by atoms with E-state index in [-0.39, 0.29) is 167 Å². The largest absolute Gasteiger partial charge is 1.00 e. The van der Waals surface area contributed by atoms with Gasteiger partial charge in [-0.25, -0.2) is 8.42 Å². The van der Waals surface area contributed by atoms with Gasteiger partial charge >= 0.3 is 154 Å². The van der Waals surface area contributed by atoms with Crippen molar-refractivity contribution in [1.29, 1.82) is 0 Å². The van der Waals surface area contributed by atoms with Gasteiger partial charge in [-0.15, -0.1) is 0 Å². The molecule has 3 aromatic carbocycles. The van der Waals surface area contributed by atoms with Gasteiger partial charge in [-0.2, -0.15) is 0 Å². The fourth-order valence-electron chi connectivity index (χ4n) is 3.07. The van der Waals surface area contributed by atoms with Crippen molar-refractivity contribution in [3.8, 4) is 23.0 Å². The molecule has 0 aromatic heterocycles. The molecule has 0 amide bonds. The molecular formula is C22H20K3O8PS. The molecule has 0 bridgehead atoms. The van der Waals surface area contributed by atoms with Crippen LogP contribution in [0.5, 0.6) is 23.0 Å². The van der Waals surface area contributed by atoms with Crippen molar-refractivity contribution in [2.24, 2.45) is 0 Å². The Labute approximate surface area is 333 Å². The number of rotatable bonds is 10. The molecule has 0 radical (unpaired) electrons. The van der Waals surface area contributed by atoms with Crippen LogP contribution in [-0.4, -0.2) is 18.0 Å². The third kappa shape index (κ3) is 13.0. The number of aryl methyl sites for hydroxylation is 1. The standard InChI is InChI=1S/C22H23O8PS.3K/c23-31(24,25)22(32(26,27)28)15-7-9-17-8-6-12-19(16-17)30-21-14-5-4-13-20(21)29-18-10-2-1-3-11-18;;;/h1-6,8,10-14,16,22H,7,9,15H2,(H2,23,24,25)(H,26,27,28);;;/q;3*+1/p-3. The first-order chi connectivity index (χ1) is 15.1. The summed E-state index contributed by atoms with van der Waals surface area (Å²) >= 11 is 0. The van der Waals surface area contributed by atoms with Crippen LogP contribution in [0.25, 0.3) is 0 Å². The van der Waals surface area contributed by atoms with E-state index in [9.17, 15) is 27.3 Å². The Morgan fingerprint density at radius 1 is 0.771 bits per heavy atom. The monoisotopic (exact) mass is 592 g/mol. The predicted octanol–water partition coefficient (Wildman–Crippen LogP) is -5.61. The molecule has 3 rings (SSSR count). The Morgan fingerprint density at radius 2 is 1.29 bits per heavy atom. The van der Waals surface area contributed by atoms with Crippen LogP contribution in [0.1, 0.15) is 18.4 Å². The minimum atomic E-state index is -5.55. The van der Waals surface area contributed by atoms with Crippen molar-refractivity contribution in [1.82, 2.24) is 0 Å². The van der Waals surface area contributed by atoms with Crippen LogP contribution in [0.15, 0.2) is 78.9 Å². The molecule has 0 N–H and O–H groups in total. The maximum absolute atomic E-state index is 11.1. The van der Waals surface area contributed by atoms with Gasteiger partial charge in [-0.1, -0.05) is 50.1 Å². The number of hydrogen-bond donors (Lipinski definition) is 0. The van der Waals surface area contributed by atoms with Crippen LogP contribution >= 0.6 is 7.60 Å². The maximum Gasteiger partial charge on any atom is 1.00 e. The van der Waals surface area contributed by atoms with Gasteiger partial charge in [0.1, 0.15) is 21.6 Å². The van der Waals surface area contributed by atoms with E-state index in [0.717, 1.165) is 5.56 Å². The molecule has 13 heteroatoms. The van der Waals surface area contributed by atoms with E-state index in [1.807, 2.05) is 36.4 Å². The van der Waals surface area contributed by atoms with E-state index in [1.54, 1.807) is 42.5 Å². The first-order valence-corrected chi connectivity index (χ1v) is 12.8. The summed E-state index contributed by atoms with van der Waals surface area (Å²) in [5.74, 6) is 2.12. The van der Waals surface area contributed by atoms with Crippen molar-refractivity contribution in [2.75, 3.05) is 0 Å². The minimum Gasteiger partial charge on any atom is -0.810 e. The molecule has 0 saturated carbocycles. The Bertz CT molecular complexity index is 1210. The smallest absolute Gasteiger partial charge is 0.810 e. The van der Waals surface area contributed by atoms with Gasteiger partial charge in [0.2, 0.25) is 0 Å². The van der Waals surface area contributed by atoms with Gasteiger partial charge in [0, 0.05) is 0 Å². The molecule has 8 nitrogen and oxygen atoms in total. The van der Waals surface area contributed by atoms with Crippen LogP contribution in [-0.2, 0) is 21.1 Å². The van der Waals surface area contributed by atoms with Crippen LogP contribution in [0.3, 0.4) is 0 Å². The van der Waals surface area contributed by atoms with E-state index in [0.29, 0.717) is 23.0 Å². The van der Waals surface area contributed by atoms with Crippen molar-refractivity contribution in [3.63, 3.8) is 0 Å². The number of para-hydroxylation sites is 3. The Balaban J connectivity index is 0.00000385. The Hall–Kier alpha value is 2.23. The fraction of sp³-hybridized carbons (Fsp3) is 0.182. The molecule has 170 valence electrons. The van der Waals surface area contributed by atoms with Gasteiger partial charge in [0.05, 0.1) is 4.99 Å². The Morgan fingerprint density at radius 3 is 1.83 bits per heavy atom. The van der Waals surface area contributed by atoms with Gasteiger partial charge in [0.15, 0.2) is 11.5 Å². The molecule has 0 aliphatic rings. The molecule has 1 atom stereocenters. The SMILES string of the molecule is O=P([O-])([O-])C(CCCc1cccc(Oc2ccccc2Oc2ccccc2)c1)S(=O)(=O)[O-].[K+].[K+].[K+]. The zero-order chi connectivity index (χ0) is 23.2. The van der Waals surface area contributed by atoms with E-state index in [1.165, 1.54) is 0 Å². The molecule has 1 unspecified atom stereocenters. The van der Waals surface area contributed by atoms with Crippen molar-refractivity contribution < 1.29 is 191 Å². The second kappa shape index (κ2) is 17.8. The summed E-state index contributed by atoms with van der Waals surface area (Å²) in [6.45, 7) is 0. The third-order valence-corrected chi connectivity index (χ3v) is 7.96. The fourth-order valence-corrected chi connectivity index (χ4v) is 5.29. The number of benzene rings is 3. The van der Waals surface area contributed by atoms with Gasteiger partial charge in [-0.3, -0.25) is 0 Å². The Kier molecular flexibility index (Phi) is 19.0. The van der Waals surface area contributed by atoms with Crippen LogP contribution in [0.4, 0.5) is 0 Å². The molecule has 0 heterocycles. The zero-order valence-electron chi connectivity index (χ0n) is 19.8. The second-order valence-electron chi connectivity index (χ2n) is 6.99. The molecule has 35 heavy (non-hydrogen) atoms. The van der Waals surface area contributed by atoms with Crippen molar-refractivity contribution in [3.05, 3.63) is 84.4 Å². The molecular weight excluding hydrogens is 573 g/mol. The van der Waals surface area contributed by atoms with Gasteiger partial charge in [0.25, 0.3) is 0 Å². The minimum absolute atomic E-state index is 0. The predicted molar refractivity (Wildman–Crippen MR) is 114 cm³/mol. The van der Waals surface area contributed by atoms with E-state index in [2.05, 4.69) is 0 Å². The van der Waals surface area contributed by atoms with E-state index < -0.39 is 29.1 Å².